The standard InChI is InChI=1S/C16H20FNO4/c1-16(8-4-3-5-11(16)15(20)21)18-14(19)10-6-7-13(22-2)12(17)9-10/h6-7,9,11H,3-5,8H2,1-2H3,(H,18,19)(H,20,21). The Labute approximate surface area is 128 Å². The molecule has 1 aromatic rings. The predicted octanol–water partition coefficient (Wildman–Crippen LogP) is 2.60. The number of aliphatic carboxylic acids is 1. The maximum atomic E-state index is 13.7. The highest BCUT2D eigenvalue weighted by molar-refractivity contribution is 5.95. The van der Waals surface area contributed by atoms with Crippen molar-refractivity contribution in [1.29, 1.82) is 0 Å². The Morgan fingerprint density at radius 1 is 1.41 bits per heavy atom. The van der Waals surface area contributed by atoms with Crippen molar-refractivity contribution < 1.29 is 23.8 Å². The van der Waals surface area contributed by atoms with Gasteiger partial charge < -0.3 is 15.2 Å². The molecule has 0 heterocycles. The molecule has 1 fully saturated rings. The van der Waals surface area contributed by atoms with Crippen LogP contribution >= 0.6 is 0 Å². The van der Waals surface area contributed by atoms with Gasteiger partial charge in [0.25, 0.3) is 5.91 Å². The lowest BCUT2D eigenvalue weighted by Crippen LogP contribution is -2.55. The largest absolute Gasteiger partial charge is 0.494 e. The summed E-state index contributed by atoms with van der Waals surface area (Å²) in [5, 5.41) is 12.1. The molecular weight excluding hydrogens is 289 g/mol. The molecule has 120 valence electrons. The quantitative estimate of drug-likeness (QED) is 0.896. The van der Waals surface area contributed by atoms with Gasteiger partial charge in [-0.3, -0.25) is 9.59 Å². The minimum absolute atomic E-state index is 0.0591. The van der Waals surface area contributed by atoms with Crippen LogP contribution < -0.4 is 10.1 Å². The van der Waals surface area contributed by atoms with Gasteiger partial charge >= 0.3 is 5.97 Å². The third kappa shape index (κ3) is 3.21. The molecule has 0 radical (unpaired) electrons. The van der Waals surface area contributed by atoms with E-state index >= 15 is 0 Å². The van der Waals surface area contributed by atoms with E-state index in [9.17, 15) is 19.1 Å². The summed E-state index contributed by atoms with van der Waals surface area (Å²) in [6, 6.07) is 3.93. The Bertz CT molecular complexity index is 590. The molecule has 0 aromatic heterocycles. The van der Waals surface area contributed by atoms with E-state index in [-0.39, 0.29) is 11.3 Å². The lowest BCUT2D eigenvalue weighted by molar-refractivity contribution is -0.145. The fourth-order valence-electron chi connectivity index (χ4n) is 3.02. The third-order valence-electron chi connectivity index (χ3n) is 4.32. The van der Waals surface area contributed by atoms with Crippen molar-refractivity contribution in [3.05, 3.63) is 29.6 Å². The van der Waals surface area contributed by atoms with Crippen LogP contribution in [0.1, 0.15) is 43.0 Å². The van der Waals surface area contributed by atoms with E-state index in [0.717, 1.165) is 18.9 Å². The third-order valence-corrected chi connectivity index (χ3v) is 4.32. The molecule has 1 saturated carbocycles. The zero-order valence-corrected chi connectivity index (χ0v) is 12.7. The summed E-state index contributed by atoms with van der Waals surface area (Å²) >= 11 is 0. The summed E-state index contributed by atoms with van der Waals surface area (Å²) in [5.74, 6) is -2.59. The predicted molar refractivity (Wildman–Crippen MR) is 78.4 cm³/mol. The molecule has 1 aliphatic rings. The topological polar surface area (TPSA) is 75.6 Å². The molecular formula is C16H20FNO4. The maximum Gasteiger partial charge on any atom is 0.308 e. The van der Waals surface area contributed by atoms with Crippen molar-refractivity contribution >= 4 is 11.9 Å². The van der Waals surface area contributed by atoms with Crippen LogP contribution in [0.2, 0.25) is 0 Å². The van der Waals surface area contributed by atoms with Gasteiger partial charge in [-0.25, -0.2) is 4.39 Å². The highest BCUT2D eigenvalue weighted by atomic mass is 19.1. The van der Waals surface area contributed by atoms with Crippen LogP contribution in [0.15, 0.2) is 18.2 Å². The lowest BCUT2D eigenvalue weighted by atomic mass is 9.73. The van der Waals surface area contributed by atoms with Gasteiger partial charge in [-0.2, -0.15) is 0 Å². The van der Waals surface area contributed by atoms with Gasteiger partial charge in [-0.15, -0.1) is 0 Å². The van der Waals surface area contributed by atoms with E-state index < -0.39 is 29.2 Å². The molecule has 2 unspecified atom stereocenters. The molecule has 22 heavy (non-hydrogen) atoms. The van der Waals surface area contributed by atoms with Crippen LogP contribution in [0.3, 0.4) is 0 Å². The van der Waals surface area contributed by atoms with Crippen molar-refractivity contribution in [2.75, 3.05) is 7.11 Å². The Morgan fingerprint density at radius 2 is 2.14 bits per heavy atom. The van der Waals surface area contributed by atoms with Gasteiger partial charge in [-0.05, 0) is 38.0 Å². The highest BCUT2D eigenvalue weighted by Gasteiger charge is 2.42. The van der Waals surface area contributed by atoms with Crippen molar-refractivity contribution in [2.24, 2.45) is 5.92 Å². The smallest absolute Gasteiger partial charge is 0.308 e. The average molecular weight is 309 g/mol. The van der Waals surface area contributed by atoms with Crippen LogP contribution in [0, 0.1) is 11.7 Å². The number of hydrogen-bond donors (Lipinski definition) is 2. The van der Waals surface area contributed by atoms with Crippen LogP contribution in [-0.4, -0.2) is 29.6 Å². The molecule has 0 bridgehead atoms. The van der Waals surface area contributed by atoms with Crippen LogP contribution in [0.4, 0.5) is 4.39 Å². The number of carboxylic acids is 1. The van der Waals surface area contributed by atoms with Gasteiger partial charge in [0, 0.05) is 5.56 Å². The fourth-order valence-corrected chi connectivity index (χ4v) is 3.02. The molecule has 1 aromatic carbocycles. The van der Waals surface area contributed by atoms with Crippen molar-refractivity contribution in [1.82, 2.24) is 5.32 Å². The molecule has 0 spiro atoms. The number of benzene rings is 1. The van der Waals surface area contributed by atoms with Gasteiger partial charge in [0.15, 0.2) is 11.6 Å². The summed E-state index contributed by atoms with van der Waals surface area (Å²) in [7, 11) is 1.35. The summed E-state index contributed by atoms with van der Waals surface area (Å²) in [4.78, 5) is 23.7. The molecule has 2 atom stereocenters. The van der Waals surface area contributed by atoms with E-state index in [1.165, 1.54) is 19.2 Å². The zero-order valence-electron chi connectivity index (χ0n) is 12.7. The first-order valence-electron chi connectivity index (χ1n) is 7.26. The van der Waals surface area contributed by atoms with Crippen molar-refractivity contribution in [2.45, 2.75) is 38.1 Å². The minimum atomic E-state index is -0.914. The molecule has 0 saturated heterocycles. The zero-order chi connectivity index (χ0) is 16.3. The molecule has 2 N–H and O–H groups in total. The first-order valence-corrected chi connectivity index (χ1v) is 7.26. The summed E-state index contributed by atoms with van der Waals surface area (Å²) in [5.41, 5.74) is -0.674. The van der Waals surface area contributed by atoms with Crippen molar-refractivity contribution in [3.63, 3.8) is 0 Å². The number of carbonyl (C=O) groups is 2. The van der Waals surface area contributed by atoms with Gasteiger partial charge in [0.2, 0.25) is 0 Å². The first-order chi connectivity index (χ1) is 10.4. The van der Waals surface area contributed by atoms with Gasteiger partial charge in [0.1, 0.15) is 0 Å². The molecule has 2 rings (SSSR count). The van der Waals surface area contributed by atoms with Crippen LogP contribution in [0.5, 0.6) is 5.75 Å². The van der Waals surface area contributed by atoms with E-state index in [1.807, 2.05) is 0 Å². The highest BCUT2D eigenvalue weighted by Crippen LogP contribution is 2.34. The van der Waals surface area contributed by atoms with E-state index in [0.29, 0.717) is 12.8 Å². The van der Waals surface area contributed by atoms with Crippen LogP contribution in [0.25, 0.3) is 0 Å². The van der Waals surface area contributed by atoms with Gasteiger partial charge in [-0.1, -0.05) is 12.8 Å². The average Bonchev–Trinajstić information content (AvgIpc) is 2.46. The molecule has 0 aliphatic heterocycles. The molecule has 1 amide bonds. The number of carbonyl (C=O) groups excluding carboxylic acids is 1. The Balaban J connectivity index is 2.19. The lowest BCUT2D eigenvalue weighted by Gasteiger charge is -2.39. The summed E-state index contributed by atoms with van der Waals surface area (Å²) in [6.45, 7) is 1.74. The molecule has 6 heteroatoms. The van der Waals surface area contributed by atoms with E-state index in [2.05, 4.69) is 5.32 Å². The number of carboxylic acid groups (broad SMARTS) is 1. The number of rotatable bonds is 4. The second-order valence-electron chi connectivity index (χ2n) is 5.86. The van der Waals surface area contributed by atoms with E-state index in [1.54, 1.807) is 6.92 Å². The Hall–Kier alpha value is -2.11. The number of methoxy groups -OCH3 is 1. The SMILES string of the molecule is COc1ccc(C(=O)NC2(C)CCCCC2C(=O)O)cc1F. The van der Waals surface area contributed by atoms with E-state index in [4.69, 9.17) is 4.74 Å². The monoisotopic (exact) mass is 309 g/mol. The maximum absolute atomic E-state index is 13.7. The Kier molecular flexibility index (Phi) is 4.68. The summed E-state index contributed by atoms with van der Waals surface area (Å²) < 4.78 is 18.5. The molecule has 5 nitrogen and oxygen atoms in total. The Morgan fingerprint density at radius 3 is 2.73 bits per heavy atom. The second kappa shape index (κ2) is 6.34. The number of ether oxygens (including phenoxy) is 1. The number of amides is 1. The summed E-state index contributed by atoms with van der Waals surface area (Å²) in [6.07, 6.45) is 2.81. The fraction of sp³-hybridized carbons (Fsp3) is 0.500. The second-order valence-corrected chi connectivity index (χ2v) is 5.86. The number of nitrogens with one attached hydrogen (secondary N) is 1. The normalized spacial score (nSPS) is 24.6. The van der Waals surface area contributed by atoms with Crippen molar-refractivity contribution in [3.8, 4) is 5.75 Å². The minimum Gasteiger partial charge on any atom is -0.494 e. The van der Waals surface area contributed by atoms with Crippen LogP contribution in [-0.2, 0) is 4.79 Å². The number of hydrogen-bond acceptors (Lipinski definition) is 3. The van der Waals surface area contributed by atoms with Gasteiger partial charge in [0.05, 0.1) is 18.6 Å². The number of halogens is 1. The molecule has 1 aliphatic carbocycles. The first kappa shape index (κ1) is 16.3.